The first-order valence-corrected chi connectivity index (χ1v) is 9.06. The van der Waals surface area contributed by atoms with Crippen molar-refractivity contribution >= 4 is 0 Å². The van der Waals surface area contributed by atoms with E-state index in [0.717, 1.165) is 68.8 Å². The molecule has 2 aromatic rings. The second kappa shape index (κ2) is 7.88. The molecule has 1 aliphatic rings. The fourth-order valence-corrected chi connectivity index (χ4v) is 3.41. The molecule has 0 bridgehead atoms. The van der Waals surface area contributed by atoms with Gasteiger partial charge in [-0.15, -0.1) is 0 Å². The van der Waals surface area contributed by atoms with E-state index in [1.165, 1.54) is 12.8 Å². The second-order valence-electron chi connectivity index (χ2n) is 6.84. The first kappa shape index (κ1) is 17.1. The first-order chi connectivity index (χ1) is 11.6. The molecular weight excluding hydrogens is 304 g/mol. The van der Waals surface area contributed by atoms with Gasteiger partial charge in [0.1, 0.15) is 11.6 Å². The van der Waals surface area contributed by atoms with Crippen molar-refractivity contribution in [3.63, 3.8) is 0 Å². The Morgan fingerprint density at radius 1 is 1.25 bits per heavy atom. The predicted molar refractivity (Wildman–Crippen MR) is 90.4 cm³/mol. The summed E-state index contributed by atoms with van der Waals surface area (Å²) >= 11 is 0. The van der Waals surface area contributed by atoms with E-state index in [1.54, 1.807) is 0 Å². The molecule has 0 saturated carbocycles. The molecular formula is C17H28N6O. The van der Waals surface area contributed by atoms with Gasteiger partial charge >= 0.3 is 0 Å². The van der Waals surface area contributed by atoms with Gasteiger partial charge in [-0.3, -0.25) is 4.90 Å². The third-order valence-electron chi connectivity index (χ3n) is 4.62. The number of piperidine rings is 1. The van der Waals surface area contributed by atoms with E-state index in [-0.39, 0.29) is 0 Å². The highest BCUT2D eigenvalue weighted by molar-refractivity contribution is 4.90. The summed E-state index contributed by atoms with van der Waals surface area (Å²) in [5.41, 5.74) is 0. The van der Waals surface area contributed by atoms with Crippen LogP contribution in [0.4, 0.5) is 0 Å². The van der Waals surface area contributed by atoms with Crippen LogP contribution in [-0.2, 0) is 19.5 Å². The number of aromatic nitrogens is 5. The molecule has 1 aliphatic heterocycles. The Hall–Kier alpha value is -1.76. The van der Waals surface area contributed by atoms with Crippen LogP contribution in [0.1, 0.15) is 56.0 Å². The number of hydrogen-bond acceptors (Lipinski definition) is 6. The fraction of sp³-hybridized carbons (Fsp3) is 0.765. The van der Waals surface area contributed by atoms with E-state index in [1.807, 2.05) is 18.5 Å². The quantitative estimate of drug-likeness (QED) is 0.776. The number of hydrogen-bond donors (Lipinski definition) is 0. The Kier molecular flexibility index (Phi) is 5.60. The number of aryl methyl sites for hydroxylation is 3. The third-order valence-corrected chi connectivity index (χ3v) is 4.62. The van der Waals surface area contributed by atoms with E-state index in [4.69, 9.17) is 4.52 Å². The average Bonchev–Trinajstić information content (AvgIpc) is 3.12. The zero-order valence-corrected chi connectivity index (χ0v) is 15.0. The SMILES string of the molecule is CCCCc1nc(CN2CCCC(Cn3nc(C)nc3C)C2)no1. The van der Waals surface area contributed by atoms with Gasteiger partial charge in [-0.05, 0) is 45.6 Å². The highest BCUT2D eigenvalue weighted by Gasteiger charge is 2.22. The van der Waals surface area contributed by atoms with Gasteiger partial charge < -0.3 is 4.52 Å². The predicted octanol–water partition coefficient (Wildman–Crippen LogP) is 2.53. The van der Waals surface area contributed by atoms with Crippen LogP contribution in [0.2, 0.25) is 0 Å². The lowest BCUT2D eigenvalue weighted by atomic mass is 9.98. The third kappa shape index (κ3) is 4.41. The molecule has 0 aliphatic carbocycles. The molecule has 0 amide bonds. The Bertz CT molecular complexity index is 649. The summed E-state index contributed by atoms with van der Waals surface area (Å²) in [5.74, 6) is 4.05. The van der Waals surface area contributed by atoms with E-state index in [0.29, 0.717) is 5.92 Å². The maximum Gasteiger partial charge on any atom is 0.226 e. The van der Waals surface area contributed by atoms with Crippen molar-refractivity contribution in [2.45, 2.75) is 66.0 Å². The van der Waals surface area contributed by atoms with Crippen molar-refractivity contribution in [3.8, 4) is 0 Å². The molecule has 1 atom stereocenters. The molecule has 0 spiro atoms. The summed E-state index contributed by atoms with van der Waals surface area (Å²) in [7, 11) is 0. The first-order valence-electron chi connectivity index (χ1n) is 9.06. The van der Waals surface area contributed by atoms with E-state index < -0.39 is 0 Å². The molecule has 0 radical (unpaired) electrons. The molecule has 3 rings (SSSR count). The van der Waals surface area contributed by atoms with Crippen molar-refractivity contribution in [1.82, 2.24) is 29.8 Å². The van der Waals surface area contributed by atoms with Crippen LogP contribution in [0.25, 0.3) is 0 Å². The smallest absolute Gasteiger partial charge is 0.226 e. The maximum atomic E-state index is 5.34. The molecule has 1 fully saturated rings. The molecule has 7 nitrogen and oxygen atoms in total. The number of likely N-dealkylation sites (tertiary alicyclic amines) is 1. The van der Waals surface area contributed by atoms with Crippen molar-refractivity contribution in [1.29, 1.82) is 0 Å². The van der Waals surface area contributed by atoms with Crippen LogP contribution in [-0.4, -0.2) is 42.9 Å². The minimum atomic E-state index is 0.602. The lowest BCUT2D eigenvalue weighted by Gasteiger charge is -2.31. The number of rotatable bonds is 7. The van der Waals surface area contributed by atoms with Gasteiger partial charge in [0.25, 0.3) is 0 Å². The zero-order chi connectivity index (χ0) is 16.9. The van der Waals surface area contributed by atoms with E-state index in [9.17, 15) is 0 Å². The Balaban J connectivity index is 1.53. The van der Waals surface area contributed by atoms with Crippen LogP contribution >= 0.6 is 0 Å². The summed E-state index contributed by atoms with van der Waals surface area (Å²) in [4.78, 5) is 11.4. The van der Waals surface area contributed by atoms with Gasteiger partial charge in [0.05, 0.1) is 6.54 Å². The average molecular weight is 332 g/mol. The minimum Gasteiger partial charge on any atom is -0.339 e. The standard InChI is InChI=1S/C17H28N6O/c1-4-5-8-17-19-16(21-24-17)12-22-9-6-7-15(10-22)11-23-14(3)18-13(2)20-23/h15H,4-12H2,1-3H3. The zero-order valence-electron chi connectivity index (χ0n) is 15.0. The molecule has 2 aromatic heterocycles. The van der Waals surface area contributed by atoms with Crippen molar-refractivity contribution in [2.75, 3.05) is 13.1 Å². The van der Waals surface area contributed by atoms with Crippen LogP contribution < -0.4 is 0 Å². The van der Waals surface area contributed by atoms with Crippen LogP contribution in [0.15, 0.2) is 4.52 Å². The van der Waals surface area contributed by atoms with E-state index in [2.05, 4.69) is 32.0 Å². The normalized spacial score (nSPS) is 19.0. The molecule has 132 valence electrons. The van der Waals surface area contributed by atoms with Gasteiger partial charge in [0, 0.05) is 19.5 Å². The second-order valence-corrected chi connectivity index (χ2v) is 6.84. The number of unbranched alkanes of at least 4 members (excludes halogenated alkanes) is 1. The fourth-order valence-electron chi connectivity index (χ4n) is 3.41. The van der Waals surface area contributed by atoms with Gasteiger partial charge in [0.15, 0.2) is 5.82 Å². The van der Waals surface area contributed by atoms with Gasteiger partial charge in [-0.1, -0.05) is 18.5 Å². The number of nitrogens with zero attached hydrogens (tertiary/aromatic N) is 6. The largest absolute Gasteiger partial charge is 0.339 e. The van der Waals surface area contributed by atoms with Gasteiger partial charge in [-0.25, -0.2) is 9.67 Å². The van der Waals surface area contributed by atoms with Crippen molar-refractivity contribution < 1.29 is 4.52 Å². The van der Waals surface area contributed by atoms with Crippen molar-refractivity contribution in [2.24, 2.45) is 5.92 Å². The summed E-state index contributed by atoms with van der Waals surface area (Å²) in [6.45, 7) is 10.0. The Morgan fingerprint density at radius 3 is 2.88 bits per heavy atom. The molecule has 7 heteroatoms. The molecule has 1 saturated heterocycles. The van der Waals surface area contributed by atoms with Crippen LogP contribution in [0.5, 0.6) is 0 Å². The van der Waals surface area contributed by atoms with Gasteiger partial charge in [-0.2, -0.15) is 10.1 Å². The molecule has 0 N–H and O–H groups in total. The molecule has 0 aromatic carbocycles. The highest BCUT2D eigenvalue weighted by Crippen LogP contribution is 2.20. The maximum absolute atomic E-state index is 5.34. The van der Waals surface area contributed by atoms with Crippen molar-refractivity contribution in [3.05, 3.63) is 23.4 Å². The van der Waals surface area contributed by atoms with E-state index >= 15 is 0 Å². The summed E-state index contributed by atoms with van der Waals surface area (Å²) in [5, 5.41) is 8.63. The minimum absolute atomic E-state index is 0.602. The summed E-state index contributed by atoms with van der Waals surface area (Å²) in [6, 6.07) is 0. The lowest BCUT2D eigenvalue weighted by molar-refractivity contribution is 0.148. The summed E-state index contributed by atoms with van der Waals surface area (Å²) in [6.07, 6.45) is 5.58. The molecule has 3 heterocycles. The Morgan fingerprint density at radius 2 is 2.12 bits per heavy atom. The summed E-state index contributed by atoms with van der Waals surface area (Å²) < 4.78 is 7.38. The monoisotopic (exact) mass is 332 g/mol. The van der Waals surface area contributed by atoms with Gasteiger partial charge in [0.2, 0.25) is 5.89 Å². The molecule has 1 unspecified atom stereocenters. The molecule has 24 heavy (non-hydrogen) atoms. The van der Waals surface area contributed by atoms with Crippen LogP contribution in [0, 0.1) is 19.8 Å². The Labute approximate surface area is 143 Å². The van der Waals surface area contributed by atoms with Crippen LogP contribution in [0.3, 0.4) is 0 Å². The topological polar surface area (TPSA) is 72.9 Å². The highest BCUT2D eigenvalue weighted by atomic mass is 16.5. The lowest BCUT2D eigenvalue weighted by Crippen LogP contribution is -2.37.